The number of nitrogens with zero attached hydrogens (tertiary/aromatic N) is 3. The Labute approximate surface area is 145 Å². The van der Waals surface area contributed by atoms with Crippen LogP contribution in [0.2, 0.25) is 0 Å². The molecule has 0 aliphatic heterocycles. The first kappa shape index (κ1) is 16.1. The molecule has 0 saturated heterocycles. The number of rotatable bonds is 2. The number of fused-ring (bicyclic) bond motifs is 1. The van der Waals surface area contributed by atoms with E-state index in [1.54, 1.807) is 26.0 Å². The highest BCUT2D eigenvalue weighted by molar-refractivity contribution is 9.10. The predicted molar refractivity (Wildman–Crippen MR) is 92.0 cm³/mol. The lowest BCUT2D eigenvalue weighted by molar-refractivity contribution is 0.553. The number of hydrogen-bond donors (Lipinski definition) is 0. The van der Waals surface area contributed by atoms with E-state index in [2.05, 4.69) is 21.0 Å². The molecule has 6 nitrogen and oxygen atoms in total. The molecule has 0 N–H and O–H groups in total. The third-order valence-corrected chi connectivity index (χ3v) is 4.35. The lowest BCUT2D eigenvalue weighted by Gasteiger charge is -2.10. The van der Waals surface area contributed by atoms with Crippen LogP contribution in [-0.4, -0.2) is 9.78 Å². The van der Waals surface area contributed by atoms with Gasteiger partial charge in [-0.2, -0.15) is 10.4 Å². The summed E-state index contributed by atoms with van der Waals surface area (Å²) in [6.07, 6.45) is 0. The van der Waals surface area contributed by atoms with Crippen LogP contribution < -0.4 is 11.2 Å². The average Bonchev–Trinajstić information content (AvgIpc) is 2.52. The first-order valence-corrected chi connectivity index (χ1v) is 7.90. The average molecular weight is 386 g/mol. The molecule has 0 atom stereocenters. The first-order valence-electron chi connectivity index (χ1n) is 7.11. The van der Waals surface area contributed by atoms with Gasteiger partial charge in [0, 0.05) is 15.9 Å². The van der Waals surface area contributed by atoms with Gasteiger partial charge in [0.2, 0.25) is 0 Å². The summed E-state index contributed by atoms with van der Waals surface area (Å²) in [6.45, 7) is 3.51. The maximum Gasteiger partial charge on any atom is 0.336 e. The molecular formula is C17H12BrN3O3. The minimum atomic E-state index is -0.506. The molecule has 0 amide bonds. The molecule has 0 radical (unpaired) electrons. The van der Waals surface area contributed by atoms with Crippen LogP contribution in [0.3, 0.4) is 0 Å². The fourth-order valence-electron chi connectivity index (χ4n) is 2.51. The number of aromatic nitrogens is 2. The molecule has 3 aromatic rings. The summed E-state index contributed by atoms with van der Waals surface area (Å²) in [5.74, 6) is 0. The summed E-state index contributed by atoms with van der Waals surface area (Å²) < 4.78 is 7.18. The van der Waals surface area contributed by atoms with Gasteiger partial charge in [-0.05, 0) is 43.2 Å². The van der Waals surface area contributed by atoms with Crippen molar-refractivity contribution in [3.05, 3.63) is 71.9 Å². The molecule has 0 bridgehead atoms. The zero-order chi connectivity index (χ0) is 17.4. The van der Waals surface area contributed by atoms with E-state index in [1.165, 1.54) is 10.7 Å². The molecule has 0 aliphatic carbocycles. The highest BCUT2D eigenvalue weighted by Crippen LogP contribution is 2.22. The van der Waals surface area contributed by atoms with Crippen molar-refractivity contribution in [2.45, 2.75) is 20.4 Å². The Hall–Kier alpha value is -2.72. The molecule has 0 unspecified atom stereocenters. The Morgan fingerprint density at radius 3 is 2.75 bits per heavy atom. The van der Waals surface area contributed by atoms with Crippen molar-refractivity contribution in [1.29, 1.82) is 5.26 Å². The molecule has 1 aromatic carbocycles. The quantitative estimate of drug-likeness (QED) is 0.632. The van der Waals surface area contributed by atoms with Crippen molar-refractivity contribution < 1.29 is 4.42 Å². The molecule has 0 fully saturated rings. The molecule has 120 valence electrons. The molecule has 0 spiro atoms. The Morgan fingerprint density at radius 2 is 2.04 bits per heavy atom. The van der Waals surface area contributed by atoms with Crippen LogP contribution in [0.25, 0.3) is 11.0 Å². The number of benzene rings is 1. The number of aryl methyl sites for hydroxylation is 1. The molecule has 0 aliphatic rings. The summed E-state index contributed by atoms with van der Waals surface area (Å²) in [6, 6.07) is 8.58. The number of nitriles is 1. The van der Waals surface area contributed by atoms with Crippen molar-refractivity contribution >= 4 is 26.9 Å². The zero-order valence-corrected chi connectivity index (χ0v) is 14.5. The third kappa shape index (κ3) is 2.76. The molecule has 2 aromatic heterocycles. The van der Waals surface area contributed by atoms with Crippen molar-refractivity contribution in [3.63, 3.8) is 0 Å². The van der Waals surface area contributed by atoms with E-state index < -0.39 is 11.2 Å². The van der Waals surface area contributed by atoms with E-state index in [-0.39, 0.29) is 12.1 Å². The largest absolute Gasteiger partial charge is 0.423 e. The normalized spacial score (nSPS) is 10.8. The van der Waals surface area contributed by atoms with Crippen LogP contribution in [0.5, 0.6) is 0 Å². The second kappa shape index (κ2) is 6.06. The van der Waals surface area contributed by atoms with Crippen molar-refractivity contribution in [2.24, 2.45) is 0 Å². The van der Waals surface area contributed by atoms with Crippen LogP contribution in [0, 0.1) is 25.2 Å². The molecule has 7 heteroatoms. The van der Waals surface area contributed by atoms with E-state index in [0.717, 1.165) is 4.47 Å². The SMILES string of the molecule is Cc1nn(Cc2cc(=O)oc3cc(Br)ccc23)c(=O)c(C#N)c1C. The third-order valence-electron chi connectivity index (χ3n) is 3.86. The van der Waals surface area contributed by atoms with E-state index >= 15 is 0 Å². The lowest BCUT2D eigenvalue weighted by atomic mass is 10.1. The van der Waals surface area contributed by atoms with Crippen LogP contribution in [0.1, 0.15) is 22.4 Å². The van der Waals surface area contributed by atoms with Gasteiger partial charge in [0.15, 0.2) is 0 Å². The smallest absolute Gasteiger partial charge is 0.336 e. The van der Waals surface area contributed by atoms with E-state index in [9.17, 15) is 14.9 Å². The Balaban J connectivity index is 2.22. The standard InChI is InChI=1S/C17H12BrN3O3/c1-9-10(2)20-21(17(23)14(9)7-19)8-11-5-16(22)24-15-6-12(18)3-4-13(11)15/h3-6H,8H2,1-2H3. The van der Waals surface area contributed by atoms with Crippen LogP contribution in [0.15, 0.2) is 42.7 Å². The highest BCUT2D eigenvalue weighted by Gasteiger charge is 2.14. The minimum Gasteiger partial charge on any atom is -0.423 e. The molecular weight excluding hydrogens is 374 g/mol. The summed E-state index contributed by atoms with van der Waals surface area (Å²) in [5.41, 5.74) is 1.28. The second-order valence-corrected chi connectivity index (χ2v) is 6.31. The van der Waals surface area contributed by atoms with Crippen LogP contribution >= 0.6 is 15.9 Å². The lowest BCUT2D eigenvalue weighted by Crippen LogP contribution is -2.28. The van der Waals surface area contributed by atoms with E-state index in [0.29, 0.717) is 27.8 Å². The Bertz CT molecular complexity index is 1120. The second-order valence-electron chi connectivity index (χ2n) is 5.39. The predicted octanol–water partition coefficient (Wildman–Crippen LogP) is 2.65. The first-order chi connectivity index (χ1) is 11.4. The van der Waals surface area contributed by atoms with Gasteiger partial charge in [0.1, 0.15) is 17.2 Å². The number of halogens is 1. The summed E-state index contributed by atoms with van der Waals surface area (Å²) in [7, 11) is 0. The molecule has 0 saturated carbocycles. The fourth-order valence-corrected chi connectivity index (χ4v) is 2.85. The molecule has 3 rings (SSSR count). The number of hydrogen-bond acceptors (Lipinski definition) is 5. The van der Waals surface area contributed by atoms with E-state index in [1.807, 2.05) is 12.1 Å². The van der Waals surface area contributed by atoms with Crippen molar-refractivity contribution in [2.75, 3.05) is 0 Å². The monoisotopic (exact) mass is 385 g/mol. The molecule has 24 heavy (non-hydrogen) atoms. The maximum absolute atomic E-state index is 12.4. The van der Waals surface area contributed by atoms with Gasteiger partial charge < -0.3 is 4.42 Å². The summed E-state index contributed by atoms with van der Waals surface area (Å²) >= 11 is 3.33. The van der Waals surface area contributed by atoms with Gasteiger partial charge in [-0.3, -0.25) is 4.79 Å². The Kier molecular flexibility index (Phi) is 4.08. The van der Waals surface area contributed by atoms with Crippen LogP contribution in [0.4, 0.5) is 0 Å². The highest BCUT2D eigenvalue weighted by atomic mass is 79.9. The van der Waals surface area contributed by atoms with Crippen molar-refractivity contribution in [3.8, 4) is 6.07 Å². The Morgan fingerprint density at radius 1 is 1.29 bits per heavy atom. The fraction of sp³-hybridized carbons (Fsp3) is 0.176. The zero-order valence-electron chi connectivity index (χ0n) is 13.0. The van der Waals surface area contributed by atoms with Crippen molar-refractivity contribution in [1.82, 2.24) is 9.78 Å². The van der Waals surface area contributed by atoms with Gasteiger partial charge in [-0.1, -0.05) is 15.9 Å². The van der Waals surface area contributed by atoms with Gasteiger partial charge in [-0.25, -0.2) is 9.48 Å². The van der Waals surface area contributed by atoms with Gasteiger partial charge in [0.25, 0.3) is 5.56 Å². The van der Waals surface area contributed by atoms with Gasteiger partial charge in [-0.15, -0.1) is 0 Å². The summed E-state index contributed by atoms with van der Waals surface area (Å²) in [4.78, 5) is 24.2. The van der Waals surface area contributed by atoms with E-state index in [4.69, 9.17) is 4.42 Å². The van der Waals surface area contributed by atoms with Gasteiger partial charge >= 0.3 is 5.63 Å². The minimum absolute atomic E-state index is 0.0671. The maximum atomic E-state index is 12.4. The van der Waals surface area contributed by atoms with Gasteiger partial charge in [0.05, 0.1) is 12.2 Å². The topological polar surface area (TPSA) is 88.9 Å². The van der Waals surface area contributed by atoms with Crippen LogP contribution in [-0.2, 0) is 6.54 Å². The summed E-state index contributed by atoms with van der Waals surface area (Å²) in [5, 5.41) is 14.2. The molecule has 2 heterocycles.